The van der Waals surface area contributed by atoms with Gasteiger partial charge in [0.15, 0.2) is 6.10 Å². The van der Waals surface area contributed by atoms with Crippen molar-refractivity contribution in [2.24, 2.45) is 0 Å². The Bertz CT molecular complexity index is 1520. The number of carbonyl (C=O) groups excluding carboxylic acids is 3. The summed E-state index contributed by atoms with van der Waals surface area (Å²) in [5.74, 6) is -1.44. The minimum absolute atomic E-state index is 0.166. The van der Waals surface area contributed by atoms with Crippen LogP contribution >= 0.6 is 7.82 Å². The molecule has 0 aromatic carbocycles. The maximum atomic E-state index is 13.0. The van der Waals surface area contributed by atoms with Crippen LogP contribution in [0.1, 0.15) is 355 Å². The van der Waals surface area contributed by atoms with Gasteiger partial charge in [0.1, 0.15) is 12.7 Å². The van der Waals surface area contributed by atoms with Crippen molar-refractivity contribution in [2.45, 2.75) is 367 Å². The third kappa shape index (κ3) is 62.2. The molecule has 82 heavy (non-hydrogen) atoms. The van der Waals surface area contributed by atoms with Crippen molar-refractivity contribution in [3.05, 3.63) is 36.5 Å². The molecule has 2 N–H and O–H groups in total. The monoisotopic (exact) mass is 1180 g/mol. The lowest BCUT2D eigenvalue weighted by atomic mass is 10.0. The smallest absolute Gasteiger partial charge is 0.462 e. The molecule has 0 saturated carbocycles. The molecule has 0 aliphatic heterocycles. The molecule has 11 nitrogen and oxygen atoms in total. The molecule has 0 aliphatic carbocycles. The number of hydrogen-bond acceptors (Lipinski definition) is 10. The van der Waals surface area contributed by atoms with Crippen molar-refractivity contribution in [2.75, 3.05) is 26.4 Å². The van der Waals surface area contributed by atoms with Crippen LogP contribution in [-0.2, 0) is 42.2 Å². The second kappa shape index (κ2) is 64.7. The van der Waals surface area contributed by atoms with Crippen LogP contribution in [0.25, 0.3) is 0 Å². The molecule has 0 saturated heterocycles. The van der Waals surface area contributed by atoms with Gasteiger partial charge in [-0.2, -0.15) is 0 Å². The van der Waals surface area contributed by atoms with Crippen LogP contribution in [0.5, 0.6) is 0 Å². The highest BCUT2D eigenvalue weighted by molar-refractivity contribution is 7.47. The number of hydrogen-bond donors (Lipinski definition) is 2. The first kappa shape index (κ1) is 79.7. The highest BCUT2D eigenvalue weighted by Gasteiger charge is 2.28. The van der Waals surface area contributed by atoms with Gasteiger partial charge >= 0.3 is 25.7 Å². The molecule has 0 aromatic rings. The van der Waals surface area contributed by atoms with Gasteiger partial charge in [0.05, 0.1) is 19.8 Å². The lowest BCUT2D eigenvalue weighted by Gasteiger charge is -2.21. The predicted molar refractivity (Wildman–Crippen MR) is 344 cm³/mol. The van der Waals surface area contributed by atoms with E-state index in [9.17, 15) is 28.9 Å². The molecular weight excluding hydrogens is 1050 g/mol. The Labute approximate surface area is 505 Å². The molecule has 0 radical (unpaired) electrons. The third-order valence-electron chi connectivity index (χ3n) is 15.5. The Morgan fingerprint density at radius 2 is 0.598 bits per heavy atom. The number of phosphoric acid groups is 1. The summed E-state index contributed by atoms with van der Waals surface area (Å²) in [4.78, 5) is 48.9. The average Bonchev–Trinajstić information content (AvgIpc) is 3.50. The summed E-state index contributed by atoms with van der Waals surface area (Å²) in [5, 5.41) is 9.88. The number of phosphoric ester groups is 1. The zero-order valence-corrected chi connectivity index (χ0v) is 54.6. The number of carbonyl (C=O) groups is 3. The Kier molecular flexibility index (Phi) is 62.9. The van der Waals surface area contributed by atoms with E-state index in [0.717, 1.165) is 77.0 Å². The highest BCUT2D eigenvalue weighted by atomic mass is 31.2. The van der Waals surface area contributed by atoms with Gasteiger partial charge in [-0.3, -0.25) is 23.4 Å². The van der Waals surface area contributed by atoms with Crippen LogP contribution in [0.4, 0.5) is 0 Å². The van der Waals surface area contributed by atoms with Crippen molar-refractivity contribution in [3.8, 4) is 0 Å². The van der Waals surface area contributed by atoms with Gasteiger partial charge in [-0.05, 0) is 77.0 Å². The number of aliphatic hydroxyl groups is 1. The summed E-state index contributed by atoms with van der Waals surface area (Å²) in [5.41, 5.74) is 0. The van der Waals surface area contributed by atoms with Crippen LogP contribution in [0, 0.1) is 0 Å². The van der Waals surface area contributed by atoms with Gasteiger partial charge in [0, 0.05) is 19.3 Å². The summed E-state index contributed by atoms with van der Waals surface area (Å²) < 4.78 is 39.8. The molecule has 3 unspecified atom stereocenters. The van der Waals surface area contributed by atoms with Crippen molar-refractivity contribution >= 4 is 25.7 Å². The van der Waals surface area contributed by atoms with Gasteiger partial charge < -0.3 is 24.2 Å². The first-order chi connectivity index (χ1) is 40.2. The van der Waals surface area contributed by atoms with E-state index in [0.29, 0.717) is 19.3 Å². The summed E-state index contributed by atoms with van der Waals surface area (Å²) in [7, 11) is -4.75. The minimum Gasteiger partial charge on any atom is -0.462 e. The molecule has 482 valence electrons. The minimum atomic E-state index is -4.75. The first-order valence-electron chi connectivity index (χ1n) is 34.9. The second-order valence-corrected chi connectivity index (χ2v) is 25.2. The van der Waals surface area contributed by atoms with Crippen molar-refractivity contribution < 1.29 is 52.2 Å². The van der Waals surface area contributed by atoms with Crippen molar-refractivity contribution in [1.29, 1.82) is 0 Å². The van der Waals surface area contributed by atoms with Crippen LogP contribution in [0.15, 0.2) is 36.5 Å². The number of rotatable bonds is 66. The van der Waals surface area contributed by atoms with E-state index in [1.54, 1.807) is 0 Å². The molecule has 0 amide bonds. The van der Waals surface area contributed by atoms with Gasteiger partial charge in [-0.15, -0.1) is 0 Å². The number of unbranched alkanes of at least 4 members (excludes halogenated alkanes) is 43. The van der Waals surface area contributed by atoms with E-state index < -0.39 is 57.8 Å². The molecular formula is C70H131O11P. The van der Waals surface area contributed by atoms with Crippen LogP contribution in [0.3, 0.4) is 0 Å². The van der Waals surface area contributed by atoms with Crippen molar-refractivity contribution in [1.82, 2.24) is 0 Å². The topological polar surface area (TPSA) is 155 Å². The number of allylic oxidation sites excluding steroid dienone is 6. The molecule has 0 aromatic heterocycles. The van der Waals surface area contributed by atoms with Crippen LogP contribution in [0.2, 0.25) is 0 Å². The van der Waals surface area contributed by atoms with E-state index in [2.05, 4.69) is 57.2 Å². The number of ether oxygens (including phenoxy) is 3. The predicted octanol–water partition coefficient (Wildman–Crippen LogP) is 21.5. The molecule has 0 aliphatic rings. The number of aliphatic hydroxyl groups excluding tert-OH is 1. The SMILES string of the molecule is CCCCC/C=C\C/C=C\CCCCCCCCCCCC(=O)OC(COC(=O)CCCCCCCCC/C=C\CCCCCCCC)COP(=O)(O)OCC(CO)OC(=O)CCCCCCCCCCCCCCCCCCCCC. The van der Waals surface area contributed by atoms with Gasteiger partial charge in [-0.25, -0.2) is 4.57 Å². The van der Waals surface area contributed by atoms with Crippen LogP contribution in [-0.4, -0.2) is 66.5 Å². The summed E-state index contributed by atoms with van der Waals surface area (Å²) in [6.07, 6.45) is 70.9. The molecule has 0 rings (SSSR count). The standard InChI is InChI=1S/C70H131O11P/c1-4-7-10-13-16-19-22-25-28-31-33-36-39-42-45-48-51-54-57-60-69(73)80-66(62-71)64-78-82(75,76)79-65-67(63-77-68(72)59-56-53-50-47-44-41-38-35-30-27-24-21-18-15-12-9-6-3)81-70(74)61-58-55-52-49-46-43-40-37-34-32-29-26-23-20-17-14-11-8-5-2/h17,20,26-27,29-30,66-67,71H,4-16,18-19,21-25,28,31-65H2,1-3H3,(H,75,76)/b20-17-,29-26-,30-27-. The average molecular weight is 1180 g/mol. The Morgan fingerprint density at radius 1 is 0.341 bits per heavy atom. The van der Waals surface area contributed by atoms with E-state index >= 15 is 0 Å². The van der Waals surface area contributed by atoms with E-state index in [1.165, 1.54) is 218 Å². The van der Waals surface area contributed by atoms with Gasteiger partial charge in [0.2, 0.25) is 0 Å². The lowest BCUT2D eigenvalue weighted by Crippen LogP contribution is -2.30. The first-order valence-corrected chi connectivity index (χ1v) is 36.4. The Hall–Kier alpha value is -2.30. The zero-order valence-electron chi connectivity index (χ0n) is 53.7. The molecule has 12 heteroatoms. The normalized spacial score (nSPS) is 13.4. The Balaban J connectivity index is 4.63. The fraction of sp³-hybridized carbons (Fsp3) is 0.871. The maximum absolute atomic E-state index is 13.0. The van der Waals surface area contributed by atoms with E-state index in [-0.39, 0.29) is 25.9 Å². The van der Waals surface area contributed by atoms with E-state index in [4.69, 9.17) is 23.3 Å². The lowest BCUT2D eigenvalue weighted by molar-refractivity contribution is -0.161. The molecule has 0 fully saturated rings. The summed E-state index contributed by atoms with van der Waals surface area (Å²) >= 11 is 0. The maximum Gasteiger partial charge on any atom is 0.472 e. The molecule has 0 heterocycles. The molecule has 3 atom stereocenters. The Morgan fingerprint density at radius 3 is 0.939 bits per heavy atom. The molecule has 0 bridgehead atoms. The fourth-order valence-electron chi connectivity index (χ4n) is 10.2. The number of esters is 3. The fourth-order valence-corrected chi connectivity index (χ4v) is 11.0. The highest BCUT2D eigenvalue weighted by Crippen LogP contribution is 2.43. The molecule has 0 spiro atoms. The second-order valence-electron chi connectivity index (χ2n) is 23.7. The van der Waals surface area contributed by atoms with Gasteiger partial charge in [0.25, 0.3) is 0 Å². The third-order valence-corrected chi connectivity index (χ3v) is 16.5. The quantitative estimate of drug-likeness (QED) is 0.0197. The van der Waals surface area contributed by atoms with Crippen LogP contribution < -0.4 is 0 Å². The summed E-state index contributed by atoms with van der Waals surface area (Å²) in [6, 6.07) is 0. The van der Waals surface area contributed by atoms with Crippen molar-refractivity contribution in [3.63, 3.8) is 0 Å². The van der Waals surface area contributed by atoms with E-state index in [1.807, 2.05) is 0 Å². The zero-order chi connectivity index (χ0) is 59.8. The van der Waals surface area contributed by atoms with Gasteiger partial charge in [-0.1, -0.05) is 295 Å². The summed E-state index contributed by atoms with van der Waals surface area (Å²) in [6.45, 7) is 4.70. The largest absolute Gasteiger partial charge is 0.472 e.